The fourth-order valence-corrected chi connectivity index (χ4v) is 4.81. The van der Waals surface area contributed by atoms with Gasteiger partial charge in [-0.2, -0.15) is 4.31 Å². The molecule has 8 nitrogen and oxygen atoms in total. The van der Waals surface area contributed by atoms with Crippen LogP contribution in [0.5, 0.6) is 0 Å². The quantitative estimate of drug-likeness (QED) is 0.742. The molecule has 148 valence electrons. The maximum Gasteiger partial charge on any atom is 0.244 e. The van der Waals surface area contributed by atoms with Crippen LogP contribution < -0.4 is 10.2 Å². The molecule has 2 fully saturated rings. The minimum Gasteiger partial charge on any atom is -0.378 e. The number of nitrogens with zero attached hydrogens (tertiary/aromatic N) is 3. The number of carbonyl (C=O) groups is 1. The predicted molar refractivity (Wildman–Crippen MR) is 102 cm³/mol. The van der Waals surface area contributed by atoms with Crippen molar-refractivity contribution in [2.75, 3.05) is 44.3 Å². The summed E-state index contributed by atoms with van der Waals surface area (Å²) in [6.07, 6.45) is 4.70. The van der Waals surface area contributed by atoms with Gasteiger partial charge in [-0.1, -0.05) is 6.58 Å². The van der Waals surface area contributed by atoms with Crippen LogP contribution >= 0.6 is 0 Å². The van der Waals surface area contributed by atoms with Gasteiger partial charge in [0.05, 0.1) is 13.2 Å². The number of anilines is 1. The summed E-state index contributed by atoms with van der Waals surface area (Å²) < 4.78 is 32.7. The van der Waals surface area contributed by atoms with Gasteiger partial charge >= 0.3 is 0 Å². The van der Waals surface area contributed by atoms with Gasteiger partial charge in [0.25, 0.3) is 0 Å². The van der Waals surface area contributed by atoms with E-state index in [0.29, 0.717) is 39.1 Å². The van der Waals surface area contributed by atoms with Gasteiger partial charge in [-0.3, -0.25) is 4.79 Å². The van der Waals surface area contributed by atoms with Crippen molar-refractivity contribution in [1.29, 1.82) is 0 Å². The molecule has 0 spiro atoms. The molecule has 0 saturated carbocycles. The average molecular weight is 394 g/mol. The summed E-state index contributed by atoms with van der Waals surface area (Å²) in [5.74, 6) is 0.541. The molecular formula is C18H26N4O4S. The summed E-state index contributed by atoms with van der Waals surface area (Å²) in [6, 6.07) is 3.34. The molecule has 27 heavy (non-hydrogen) atoms. The molecule has 2 aliphatic rings. The van der Waals surface area contributed by atoms with Crippen LogP contribution in [-0.4, -0.2) is 69.0 Å². The van der Waals surface area contributed by atoms with Crippen LogP contribution in [0.3, 0.4) is 0 Å². The van der Waals surface area contributed by atoms with Gasteiger partial charge in [-0.05, 0) is 37.5 Å². The predicted octanol–water partition coefficient (Wildman–Crippen LogP) is 0.764. The third-order valence-corrected chi connectivity index (χ3v) is 6.79. The van der Waals surface area contributed by atoms with Crippen LogP contribution in [-0.2, 0) is 19.6 Å². The number of rotatable bonds is 5. The highest BCUT2D eigenvalue weighted by Crippen LogP contribution is 2.22. The van der Waals surface area contributed by atoms with Crippen molar-refractivity contribution < 1.29 is 17.9 Å². The number of hydrogen-bond acceptors (Lipinski definition) is 6. The fraction of sp³-hybridized carbons (Fsp3) is 0.556. The van der Waals surface area contributed by atoms with E-state index in [0.717, 1.165) is 25.3 Å². The lowest BCUT2D eigenvalue weighted by atomic mass is 10.1. The van der Waals surface area contributed by atoms with E-state index in [-0.39, 0.29) is 16.8 Å². The smallest absolute Gasteiger partial charge is 0.244 e. The Kier molecular flexibility index (Phi) is 6.46. The average Bonchev–Trinajstić information content (AvgIpc) is 2.95. The molecular weight excluding hydrogens is 368 g/mol. The van der Waals surface area contributed by atoms with Gasteiger partial charge in [0.15, 0.2) is 0 Å². The number of morpholine rings is 1. The number of sulfonamides is 1. The number of pyridine rings is 1. The first kappa shape index (κ1) is 19.8. The van der Waals surface area contributed by atoms with Gasteiger partial charge in [0, 0.05) is 38.4 Å². The van der Waals surface area contributed by atoms with Gasteiger partial charge < -0.3 is 15.0 Å². The summed E-state index contributed by atoms with van der Waals surface area (Å²) in [4.78, 5) is 18.1. The highest BCUT2D eigenvalue weighted by atomic mass is 32.2. The monoisotopic (exact) mass is 394 g/mol. The van der Waals surface area contributed by atoms with E-state index in [1.54, 1.807) is 12.1 Å². The van der Waals surface area contributed by atoms with Crippen molar-refractivity contribution >= 4 is 21.7 Å². The van der Waals surface area contributed by atoms with Crippen LogP contribution in [0, 0.1) is 0 Å². The lowest BCUT2D eigenvalue weighted by Crippen LogP contribution is -2.37. The van der Waals surface area contributed by atoms with E-state index in [1.807, 2.05) is 0 Å². The van der Waals surface area contributed by atoms with Crippen molar-refractivity contribution in [1.82, 2.24) is 14.6 Å². The Hall–Kier alpha value is -1.97. The molecule has 2 saturated heterocycles. The largest absolute Gasteiger partial charge is 0.378 e. The number of aromatic nitrogens is 1. The molecule has 3 heterocycles. The Morgan fingerprint density at radius 1 is 1.22 bits per heavy atom. The molecule has 0 bridgehead atoms. The Labute approximate surface area is 160 Å². The summed E-state index contributed by atoms with van der Waals surface area (Å²) >= 11 is 0. The minimum absolute atomic E-state index is 0.0301. The molecule has 1 atom stereocenters. The molecule has 1 aromatic rings. The third-order valence-electron chi connectivity index (χ3n) is 4.91. The zero-order chi connectivity index (χ0) is 19.3. The summed E-state index contributed by atoms with van der Waals surface area (Å²) in [5, 5.41) is 2.86. The van der Waals surface area contributed by atoms with E-state index in [1.165, 1.54) is 16.6 Å². The highest BCUT2D eigenvalue weighted by Gasteiger charge is 2.28. The Morgan fingerprint density at radius 3 is 2.67 bits per heavy atom. The molecule has 1 N–H and O–H groups in total. The van der Waals surface area contributed by atoms with Crippen molar-refractivity contribution in [3.05, 3.63) is 31.0 Å². The van der Waals surface area contributed by atoms with E-state index < -0.39 is 10.0 Å². The van der Waals surface area contributed by atoms with Gasteiger partial charge in [0.1, 0.15) is 10.7 Å². The van der Waals surface area contributed by atoms with Crippen molar-refractivity contribution in [2.24, 2.45) is 0 Å². The molecule has 0 radical (unpaired) electrons. The third kappa shape index (κ3) is 4.85. The number of nitrogens with one attached hydrogen (secondary N) is 1. The molecule has 0 aliphatic carbocycles. The second kappa shape index (κ2) is 8.81. The standard InChI is InChI=1S/C18H26N4O4S/c1-2-18(23)20-15-4-3-8-22(9-7-15)27(24,25)16-5-6-17(19-14-16)21-10-12-26-13-11-21/h2,5-6,14-15H,1,3-4,7-13H2,(H,20,23). The summed E-state index contributed by atoms with van der Waals surface area (Å²) in [5.41, 5.74) is 0. The lowest BCUT2D eigenvalue weighted by Gasteiger charge is -2.28. The zero-order valence-corrected chi connectivity index (χ0v) is 16.2. The lowest BCUT2D eigenvalue weighted by molar-refractivity contribution is -0.117. The molecule has 0 aromatic carbocycles. The Bertz CT molecular complexity index is 760. The number of hydrogen-bond donors (Lipinski definition) is 1. The van der Waals surface area contributed by atoms with Crippen LogP contribution in [0.2, 0.25) is 0 Å². The summed E-state index contributed by atoms with van der Waals surface area (Å²) in [7, 11) is -3.60. The van der Waals surface area contributed by atoms with Gasteiger partial charge in [0.2, 0.25) is 15.9 Å². The zero-order valence-electron chi connectivity index (χ0n) is 15.3. The van der Waals surface area contributed by atoms with E-state index in [9.17, 15) is 13.2 Å². The number of carbonyl (C=O) groups excluding carboxylic acids is 1. The van der Waals surface area contributed by atoms with Crippen LogP contribution in [0.15, 0.2) is 35.9 Å². The Morgan fingerprint density at radius 2 is 2.00 bits per heavy atom. The fourth-order valence-electron chi connectivity index (χ4n) is 3.37. The second-order valence-electron chi connectivity index (χ2n) is 6.70. The first-order chi connectivity index (χ1) is 13.0. The number of ether oxygens (including phenoxy) is 1. The Balaban J connectivity index is 1.66. The van der Waals surface area contributed by atoms with Crippen molar-refractivity contribution in [2.45, 2.75) is 30.2 Å². The highest BCUT2D eigenvalue weighted by molar-refractivity contribution is 7.89. The van der Waals surface area contributed by atoms with E-state index in [4.69, 9.17) is 4.74 Å². The van der Waals surface area contributed by atoms with Gasteiger partial charge in [-0.25, -0.2) is 13.4 Å². The molecule has 3 rings (SSSR count). The minimum atomic E-state index is -3.60. The maximum atomic E-state index is 13.0. The van der Waals surface area contributed by atoms with Crippen molar-refractivity contribution in [3.8, 4) is 0 Å². The van der Waals surface area contributed by atoms with E-state index in [2.05, 4.69) is 21.8 Å². The molecule has 1 amide bonds. The van der Waals surface area contributed by atoms with Crippen LogP contribution in [0.25, 0.3) is 0 Å². The SMILES string of the molecule is C=CC(=O)NC1CCCN(S(=O)(=O)c2ccc(N3CCOCC3)nc2)CC1. The van der Waals surface area contributed by atoms with Crippen LogP contribution in [0.1, 0.15) is 19.3 Å². The van der Waals surface area contributed by atoms with E-state index >= 15 is 0 Å². The maximum absolute atomic E-state index is 13.0. The number of amides is 1. The topological polar surface area (TPSA) is 91.8 Å². The first-order valence-electron chi connectivity index (χ1n) is 9.22. The molecule has 1 aromatic heterocycles. The molecule has 9 heteroatoms. The van der Waals surface area contributed by atoms with Crippen LogP contribution in [0.4, 0.5) is 5.82 Å². The molecule has 1 unspecified atom stereocenters. The normalized spacial score (nSPS) is 22.1. The first-order valence-corrected chi connectivity index (χ1v) is 10.7. The van der Waals surface area contributed by atoms with Crippen molar-refractivity contribution in [3.63, 3.8) is 0 Å². The van der Waals surface area contributed by atoms with Gasteiger partial charge in [-0.15, -0.1) is 0 Å². The second-order valence-corrected chi connectivity index (χ2v) is 8.63. The molecule has 2 aliphatic heterocycles. The summed E-state index contributed by atoms with van der Waals surface area (Å²) in [6.45, 7) is 7.07.